The van der Waals surface area contributed by atoms with E-state index in [-0.39, 0.29) is 18.1 Å². The van der Waals surface area contributed by atoms with Crippen LogP contribution in [0.1, 0.15) is 11.1 Å². The summed E-state index contributed by atoms with van der Waals surface area (Å²) in [6.45, 7) is 2.51. The number of hydrogen-bond acceptors (Lipinski definition) is 6. The second-order valence-corrected chi connectivity index (χ2v) is 6.92. The van der Waals surface area contributed by atoms with Crippen LogP contribution >= 0.6 is 0 Å². The van der Waals surface area contributed by atoms with Crippen LogP contribution in [0.4, 0.5) is 5.69 Å². The molecule has 0 atom stereocenters. The van der Waals surface area contributed by atoms with Crippen molar-refractivity contribution >= 4 is 23.6 Å². The summed E-state index contributed by atoms with van der Waals surface area (Å²) < 4.78 is 5.10. The van der Waals surface area contributed by atoms with Crippen molar-refractivity contribution < 1.29 is 24.6 Å². The van der Waals surface area contributed by atoms with Gasteiger partial charge in [-0.25, -0.2) is 5.48 Å². The van der Waals surface area contributed by atoms with Crippen molar-refractivity contribution in [2.45, 2.75) is 6.42 Å². The van der Waals surface area contributed by atoms with Crippen LogP contribution in [0.5, 0.6) is 11.5 Å². The fourth-order valence-electron chi connectivity index (χ4n) is 3.43. The predicted molar refractivity (Wildman–Crippen MR) is 113 cm³/mol. The van der Waals surface area contributed by atoms with E-state index in [1.54, 1.807) is 23.7 Å². The topological polar surface area (TPSA) is 102 Å². The molecule has 158 valence electrons. The van der Waals surface area contributed by atoms with E-state index in [0.29, 0.717) is 31.9 Å². The minimum absolute atomic E-state index is 0.0233. The number of phenols is 1. The van der Waals surface area contributed by atoms with Crippen molar-refractivity contribution in [2.75, 3.05) is 38.2 Å². The number of carbonyl (C=O) groups is 2. The van der Waals surface area contributed by atoms with E-state index in [4.69, 9.17) is 9.94 Å². The summed E-state index contributed by atoms with van der Waals surface area (Å²) in [5.74, 6) is -0.169. The number of amides is 2. The van der Waals surface area contributed by atoms with Gasteiger partial charge in [-0.05, 0) is 35.4 Å². The molecule has 2 aromatic rings. The van der Waals surface area contributed by atoms with E-state index in [1.165, 1.54) is 19.3 Å². The zero-order valence-corrected chi connectivity index (χ0v) is 16.7. The molecule has 8 heteroatoms. The number of nitrogens with one attached hydrogen (secondary N) is 1. The van der Waals surface area contributed by atoms with Gasteiger partial charge in [-0.3, -0.25) is 14.8 Å². The van der Waals surface area contributed by atoms with E-state index in [0.717, 1.165) is 16.8 Å². The molecule has 0 saturated carbocycles. The Morgan fingerprint density at radius 1 is 1.13 bits per heavy atom. The van der Waals surface area contributed by atoms with Crippen molar-refractivity contribution in [3.8, 4) is 11.5 Å². The minimum atomic E-state index is -0.592. The molecule has 2 aromatic carbocycles. The monoisotopic (exact) mass is 411 g/mol. The van der Waals surface area contributed by atoms with Crippen LogP contribution in [-0.4, -0.2) is 60.3 Å². The molecular weight excluding hydrogens is 386 g/mol. The van der Waals surface area contributed by atoms with E-state index < -0.39 is 5.91 Å². The Labute approximate surface area is 174 Å². The number of hydrogen-bond donors (Lipinski definition) is 3. The first-order valence-electron chi connectivity index (χ1n) is 9.61. The molecule has 0 aliphatic carbocycles. The summed E-state index contributed by atoms with van der Waals surface area (Å²) in [7, 11) is 1.48. The number of anilines is 1. The molecule has 30 heavy (non-hydrogen) atoms. The molecule has 1 saturated heterocycles. The van der Waals surface area contributed by atoms with Crippen LogP contribution in [0, 0.1) is 0 Å². The van der Waals surface area contributed by atoms with Crippen LogP contribution < -0.4 is 15.1 Å². The van der Waals surface area contributed by atoms with Gasteiger partial charge in [-0.2, -0.15) is 0 Å². The Morgan fingerprint density at radius 2 is 1.87 bits per heavy atom. The van der Waals surface area contributed by atoms with Gasteiger partial charge in [0.15, 0.2) is 11.5 Å². The summed E-state index contributed by atoms with van der Waals surface area (Å²) in [6.07, 6.45) is 3.16. The highest BCUT2D eigenvalue weighted by Crippen LogP contribution is 2.27. The Balaban J connectivity index is 1.62. The third kappa shape index (κ3) is 5.09. The lowest BCUT2D eigenvalue weighted by molar-refractivity contribution is -0.130. The number of carbonyl (C=O) groups excluding carboxylic acids is 2. The van der Waals surface area contributed by atoms with Gasteiger partial charge in [0.25, 0.3) is 5.91 Å². The zero-order valence-electron chi connectivity index (χ0n) is 16.7. The molecule has 0 spiro atoms. The summed E-state index contributed by atoms with van der Waals surface area (Å²) in [5, 5.41) is 18.3. The molecule has 1 fully saturated rings. The number of piperazine rings is 1. The van der Waals surface area contributed by atoms with Crippen molar-refractivity contribution in [2.24, 2.45) is 0 Å². The molecular formula is C22H25N3O5. The summed E-state index contributed by atoms with van der Waals surface area (Å²) in [5.41, 5.74) is 4.19. The number of phenolic OH excluding ortho intramolecular Hbond substituents is 1. The number of hydroxylamine groups is 1. The first-order valence-corrected chi connectivity index (χ1v) is 9.61. The van der Waals surface area contributed by atoms with E-state index in [2.05, 4.69) is 4.90 Å². The maximum atomic E-state index is 12.7. The standard InChI is InChI=1S/C22H25N3O5/c1-30-20-14-16(6-8-19(20)26)15-22(28)25-12-10-24(11-13-25)18-5-3-2-4-17(18)7-9-21(27)23-29/h2-9,14,26,29H,10-13,15H2,1H3,(H,23,27). The maximum absolute atomic E-state index is 12.7. The molecule has 2 amide bonds. The molecule has 0 aromatic heterocycles. The van der Waals surface area contributed by atoms with Crippen LogP contribution in [-0.2, 0) is 16.0 Å². The molecule has 0 bridgehead atoms. The number of ether oxygens (including phenoxy) is 1. The van der Waals surface area contributed by atoms with E-state index in [1.807, 2.05) is 29.2 Å². The predicted octanol–water partition coefficient (Wildman–Crippen LogP) is 1.81. The average Bonchev–Trinajstić information content (AvgIpc) is 2.79. The summed E-state index contributed by atoms with van der Waals surface area (Å²) >= 11 is 0. The van der Waals surface area contributed by atoms with Crippen molar-refractivity contribution in [1.82, 2.24) is 10.4 Å². The molecule has 0 radical (unpaired) electrons. The van der Waals surface area contributed by atoms with Crippen LogP contribution in [0.3, 0.4) is 0 Å². The lowest BCUT2D eigenvalue weighted by Gasteiger charge is -2.37. The largest absolute Gasteiger partial charge is 0.504 e. The van der Waals surface area contributed by atoms with Crippen molar-refractivity contribution in [3.63, 3.8) is 0 Å². The zero-order chi connectivity index (χ0) is 21.5. The van der Waals surface area contributed by atoms with E-state index >= 15 is 0 Å². The smallest absolute Gasteiger partial charge is 0.267 e. The Bertz CT molecular complexity index is 936. The Hall–Kier alpha value is -3.52. The highest BCUT2D eigenvalue weighted by molar-refractivity contribution is 5.92. The SMILES string of the molecule is COc1cc(CC(=O)N2CCN(c3ccccc3C=CC(=O)NO)CC2)ccc1O. The number of rotatable bonds is 6. The van der Waals surface area contributed by atoms with Crippen molar-refractivity contribution in [1.29, 1.82) is 0 Å². The molecule has 1 aliphatic heterocycles. The molecule has 1 heterocycles. The molecule has 1 aliphatic rings. The molecule has 3 rings (SSSR count). The van der Waals surface area contributed by atoms with E-state index in [9.17, 15) is 14.7 Å². The number of methoxy groups -OCH3 is 1. The van der Waals surface area contributed by atoms with Gasteiger partial charge < -0.3 is 19.6 Å². The second kappa shape index (κ2) is 9.80. The Kier molecular flexibility index (Phi) is 6.92. The quantitative estimate of drug-likeness (QED) is 0.381. The Morgan fingerprint density at radius 3 is 2.57 bits per heavy atom. The van der Waals surface area contributed by atoms with Gasteiger partial charge in [0.05, 0.1) is 13.5 Å². The van der Waals surface area contributed by atoms with Crippen LogP contribution in [0.15, 0.2) is 48.5 Å². The van der Waals surface area contributed by atoms with Gasteiger partial charge in [0, 0.05) is 37.9 Å². The van der Waals surface area contributed by atoms with Gasteiger partial charge in [0.2, 0.25) is 5.91 Å². The fourth-order valence-corrected chi connectivity index (χ4v) is 3.43. The number of para-hydroxylation sites is 1. The first-order chi connectivity index (χ1) is 14.5. The third-order valence-electron chi connectivity index (χ3n) is 5.03. The lowest BCUT2D eigenvalue weighted by Crippen LogP contribution is -2.49. The lowest BCUT2D eigenvalue weighted by atomic mass is 10.1. The average molecular weight is 411 g/mol. The van der Waals surface area contributed by atoms with Crippen molar-refractivity contribution in [3.05, 3.63) is 59.7 Å². The van der Waals surface area contributed by atoms with Crippen LogP contribution in [0.25, 0.3) is 6.08 Å². The maximum Gasteiger partial charge on any atom is 0.267 e. The molecule has 0 unspecified atom stereocenters. The first kappa shape index (κ1) is 21.2. The van der Waals surface area contributed by atoms with Gasteiger partial charge >= 0.3 is 0 Å². The second-order valence-electron chi connectivity index (χ2n) is 6.92. The molecule has 8 nitrogen and oxygen atoms in total. The summed E-state index contributed by atoms with van der Waals surface area (Å²) in [4.78, 5) is 28.0. The molecule has 3 N–H and O–H groups in total. The number of benzene rings is 2. The van der Waals surface area contributed by atoms with Gasteiger partial charge in [-0.1, -0.05) is 24.3 Å². The third-order valence-corrected chi connectivity index (χ3v) is 5.03. The van der Waals surface area contributed by atoms with Gasteiger partial charge in [-0.15, -0.1) is 0 Å². The highest BCUT2D eigenvalue weighted by Gasteiger charge is 2.22. The van der Waals surface area contributed by atoms with Gasteiger partial charge in [0.1, 0.15) is 0 Å². The normalized spacial score (nSPS) is 14.1. The highest BCUT2D eigenvalue weighted by atomic mass is 16.5. The summed E-state index contributed by atoms with van der Waals surface area (Å²) in [6, 6.07) is 12.6. The van der Waals surface area contributed by atoms with Crippen LogP contribution in [0.2, 0.25) is 0 Å². The fraction of sp³-hybridized carbons (Fsp3) is 0.273. The number of nitrogens with zero attached hydrogens (tertiary/aromatic N) is 2. The number of aromatic hydroxyl groups is 1. The minimum Gasteiger partial charge on any atom is -0.504 e.